The number of hydrogen-bond acceptors (Lipinski definition) is 4. The van der Waals surface area contributed by atoms with Gasteiger partial charge >= 0.3 is 0 Å². The summed E-state index contributed by atoms with van der Waals surface area (Å²) in [6.45, 7) is 1.76. The van der Waals surface area contributed by atoms with Gasteiger partial charge in [-0.2, -0.15) is 0 Å². The molecule has 1 atom stereocenters. The third-order valence-electron chi connectivity index (χ3n) is 3.68. The molecule has 0 saturated heterocycles. The molecule has 122 valence electrons. The monoisotopic (exact) mass is 316 g/mol. The van der Waals surface area contributed by atoms with E-state index in [1.165, 1.54) is 12.0 Å². The van der Waals surface area contributed by atoms with Gasteiger partial charge in [-0.05, 0) is 31.2 Å². The molecule has 0 spiro atoms. The molecule has 0 bridgehead atoms. The van der Waals surface area contributed by atoms with Crippen molar-refractivity contribution in [3.8, 4) is 5.75 Å². The van der Waals surface area contributed by atoms with Crippen molar-refractivity contribution in [3.05, 3.63) is 54.0 Å². The summed E-state index contributed by atoms with van der Waals surface area (Å²) in [7, 11) is 3.17. The lowest BCUT2D eigenvalue weighted by Crippen LogP contribution is -2.39. The van der Waals surface area contributed by atoms with E-state index in [0.717, 1.165) is 0 Å². The molecule has 0 aliphatic rings. The zero-order chi connectivity index (χ0) is 16.8. The zero-order valence-electron chi connectivity index (χ0n) is 13.4. The SMILES string of the molecule is COc1ccccc1C(=O)NCC(=O)N(C)[C@@H](C)c1ccco1. The molecule has 6 nitrogen and oxygen atoms in total. The third kappa shape index (κ3) is 3.91. The van der Waals surface area contributed by atoms with E-state index < -0.39 is 0 Å². The first-order valence-electron chi connectivity index (χ1n) is 7.25. The van der Waals surface area contributed by atoms with Crippen LogP contribution in [0.3, 0.4) is 0 Å². The first kappa shape index (κ1) is 16.6. The number of ether oxygens (including phenoxy) is 1. The fraction of sp³-hybridized carbons (Fsp3) is 0.294. The number of hydrogen-bond donors (Lipinski definition) is 1. The molecule has 1 heterocycles. The average Bonchev–Trinajstić information content (AvgIpc) is 3.12. The van der Waals surface area contributed by atoms with Gasteiger partial charge in [0.2, 0.25) is 5.91 Å². The van der Waals surface area contributed by atoms with Crippen LogP contribution in [0.25, 0.3) is 0 Å². The van der Waals surface area contributed by atoms with Crippen LogP contribution in [-0.2, 0) is 4.79 Å². The summed E-state index contributed by atoms with van der Waals surface area (Å²) in [5, 5.41) is 2.61. The molecule has 0 aliphatic heterocycles. The number of methoxy groups -OCH3 is 1. The number of carbonyl (C=O) groups is 2. The van der Waals surface area contributed by atoms with Crippen molar-refractivity contribution >= 4 is 11.8 Å². The minimum Gasteiger partial charge on any atom is -0.496 e. The summed E-state index contributed by atoms with van der Waals surface area (Å²) in [6.07, 6.45) is 1.56. The maximum atomic E-state index is 12.2. The van der Waals surface area contributed by atoms with Crippen molar-refractivity contribution in [2.24, 2.45) is 0 Å². The maximum Gasteiger partial charge on any atom is 0.255 e. The van der Waals surface area contributed by atoms with Crippen LogP contribution in [-0.4, -0.2) is 37.4 Å². The van der Waals surface area contributed by atoms with Crippen molar-refractivity contribution in [1.29, 1.82) is 0 Å². The van der Waals surface area contributed by atoms with Gasteiger partial charge in [-0.15, -0.1) is 0 Å². The van der Waals surface area contributed by atoms with E-state index in [1.807, 2.05) is 13.0 Å². The predicted molar refractivity (Wildman–Crippen MR) is 85.2 cm³/mol. The number of rotatable bonds is 6. The maximum absolute atomic E-state index is 12.2. The highest BCUT2D eigenvalue weighted by atomic mass is 16.5. The van der Waals surface area contributed by atoms with E-state index in [9.17, 15) is 9.59 Å². The highest BCUT2D eigenvalue weighted by molar-refractivity contribution is 5.98. The van der Waals surface area contributed by atoms with E-state index in [-0.39, 0.29) is 24.4 Å². The van der Waals surface area contributed by atoms with Crippen molar-refractivity contribution in [2.45, 2.75) is 13.0 Å². The van der Waals surface area contributed by atoms with Gasteiger partial charge in [0.1, 0.15) is 11.5 Å². The highest BCUT2D eigenvalue weighted by Crippen LogP contribution is 2.19. The van der Waals surface area contributed by atoms with E-state index >= 15 is 0 Å². The smallest absolute Gasteiger partial charge is 0.255 e. The van der Waals surface area contributed by atoms with Gasteiger partial charge in [-0.1, -0.05) is 12.1 Å². The Balaban J connectivity index is 1.94. The highest BCUT2D eigenvalue weighted by Gasteiger charge is 2.20. The van der Waals surface area contributed by atoms with Crippen molar-refractivity contribution < 1.29 is 18.7 Å². The molecule has 0 aliphatic carbocycles. The number of benzene rings is 1. The van der Waals surface area contributed by atoms with E-state index in [1.54, 1.807) is 43.6 Å². The summed E-state index contributed by atoms with van der Waals surface area (Å²) in [5.74, 6) is 0.596. The third-order valence-corrected chi connectivity index (χ3v) is 3.68. The van der Waals surface area contributed by atoms with E-state index in [0.29, 0.717) is 17.1 Å². The Morgan fingerprint density at radius 3 is 2.65 bits per heavy atom. The second-order valence-electron chi connectivity index (χ2n) is 5.08. The number of likely N-dealkylation sites (N-methyl/N-ethyl adjacent to an activating group) is 1. The molecule has 23 heavy (non-hydrogen) atoms. The molecule has 6 heteroatoms. The van der Waals surface area contributed by atoms with Gasteiger partial charge < -0.3 is 19.4 Å². The largest absolute Gasteiger partial charge is 0.496 e. The topological polar surface area (TPSA) is 71.8 Å². The molecule has 2 aromatic rings. The number of para-hydroxylation sites is 1. The van der Waals surface area contributed by atoms with Crippen LogP contribution in [0.2, 0.25) is 0 Å². The molecule has 0 radical (unpaired) electrons. The predicted octanol–water partition coefficient (Wildman–Crippen LogP) is 2.24. The van der Waals surface area contributed by atoms with Crippen LogP contribution in [0, 0.1) is 0 Å². The van der Waals surface area contributed by atoms with Crippen molar-refractivity contribution in [3.63, 3.8) is 0 Å². The Kier molecular flexibility index (Phi) is 5.41. The van der Waals surface area contributed by atoms with Crippen LogP contribution in [0.1, 0.15) is 29.1 Å². The van der Waals surface area contributed by atoms with Crippen LogP contribution >= 0.6 is 0 Å². The lowest BCUT2D eigenvalue weighted by Gasteiger charge is -2.23. The average molecular weight is 316 g/mol. The summed E-state index contributed by atoms with van der Waals surface area (Å²) < 4.78 is 10.4. The number of amides is 2. The Bertz CT molecular complexity index is 667. The Hall–Kier alpha value is -2.76. The van der Waals surface area contributed by atoms with Gasteiger partial charge in [0.15, 0.2) is 0 Å². The van der Waals surface area contributed by atoms with E-state index in [4.69, 9.17) is 9.15 Å². The minimum absolute atomic E-state index is 0.0988. The van der Waals surface area contributed by atoms with Gasteiger partial charge in [0, 0.05) is 7.05 Å². The molecule has 0 saturated carbocycles. The first-order chi connectivity index (χ1) is 11.0. The number of carbonyl (C=O) groups excluding carboxylic acids is 2. The molecule has 0 fully saturated rings. The molecular weight excluding hydrogens is 296 g/mol. The number of nitrogens with one attached hydrogen (secondary N) is 1. The van der Waals surface area contributed by atoms with Gasteiger partial charge in [0.05, 0.1) is 31.5 Å². The van der Waals surface area contributed by atoms with E-state index in [2.05, 4.69) is 5.32 Å². The Morgan fingerprint density at radius 1 is 1.26 bits per heavy atom. The van der Waals surface area contributed by atoms with Crippen LogP contribution in [0.5, 0.6) is 5.75 Å². The Labute approximate surface area is 135 Å². The minimum atomic E-state index is -0.352. The lowest BCUT2D eigenvalue weighted by molar-refractivity contribution is -0.131. The molecule has 1 aromatic heterocycles. The summed E-state index contributed by atoms with van der Waals surface area (Å²) >= 11 is 0. The lowest BCUT2D eigenvalue weighted by atomic mass is 10.2. The standard InChI is InChI=1S/C17H20N2O4/c1-12(14-9-6-10-23-14)19(2)16(20)11-18-17(21)13-7-4-5-8-15(13)22-3/h4-10,12H,11H2,1-3H3,(H,18,21)/t12-/m0/s1. The van der Waals surface area contributed by atoms with Crippen LogP contribution in [0.15, 0.2) is 47.1 Å². The molecule has 2 rings (SSSR count). The van der Waals surface area contributed by atoms with Crippen molar-refractivity contribution in [2.75, 3.05) is 20.7 Å². The molecule has 0 unspecified atom stereocenters. The molecule has 1 aromatic carbocycles. The number of nitrogens with zero attached hydrogens (tertiary/aromatic N) is 1. The summed E-state index contributed by atoms with van der Waals surface area (Å²) in [5.41, 5.74) is 0.393. The molecular formula is C17H20N2O4. The fourth-order valence-corrected chi connectivity index (χ4v) is 2.14. The zero-order valence-corrected chi connectivity index (χ0v) is 13.4. The quantitative estimate of drug-likeness (QED) is 0.887. The molecule has 2 amide bonds. The summed E-state index contributed by atoms with van der Waals surface area (Å²) in [6, 6.07) is 10.2. The van der Waals surface area contributed by atoms with Crippen LogP contribution in [0.4, 0.5) is 0 Å². The van der Waals surface area contributed by atoms with Gasteiger partial charge in [0.25, 0.3) is 5.91 Å². The van der Waals surface area contributed by atoms with Crippen LogP contribution < -0.4 is 10.1 Å². The second kappa shape index (κ2) is 7.49. The van der Waals surface area contributed by atoms with Crippen molar-refractivity contribution in [1.82, 2.24) is 10.2 Å². The second-order valence-corrected chi connectivity index (χ2v) is 5.08. The molecule has 1 N–H and O–H groups in total. The Morgan fingerprint density at radius 2 is 2.00 bits per heavy atom. The van der Waals surface area contributed by atoms with Gasteiger partial charge in [-0.3, -0.25) is 9.59 Å². The number of furan rings is 1. The normalized spacial score (nSPS) is 11.6. The first-order valence-corrected chi connectivity index (χ1v) is 7.25. The van der Waals surface area contributed by atoms with Gasteiger partial charge in [-0.25, -0.2) is 0 Å². The fourth-order valence-electron chi connectivity index (χ4n) is 2.14. The summed E-state index contributed by atoms with van der Waals surface area (Å²) in [4.78, 5) is 25.9.